The number of ether oxygens (including phenoxy) is 3. The lowest BCUT2D eigenvalue weighted by atomic mass is 10.0. The van der Waals surface area contributed by atoms with Crippen LogP contribution in [0.15, 0.2) is 36.5 Å². The third kappa shape index (κ3) is 46.8. The van der Waals surface area contributed by atoms with Gasteiger partial charge < -0.3 is 14.2 Å². The molecule has 0 heterocycles. The van der Waals surface area contributed by atoms with Crippen LogP contribution in [0.1, 0.15) is 265 Å². The van der Waals surface area contributed by atoms with Crippen LogP contribution in [0.4, 0.5) is 0 Å². The van der Waals surface area contributed by atoms with Crippen molar-refractivity contribution in [2.45, 2.75) is 271 Å². The summed E-state index contributed by atoms with van der Waals surface area (Å²) in [6.07, 6.45) is 58.6. The van der Waals surface area contributed by atoms with Crippen molar-refractivity contribution in [3.05, 3.63) is 36.5 Å². The molecule has 0 aromatic carbocycles. The smallest absolute Gasteiger partial charge is 0.306 e. The van der Waals surface area contributed by atoms with E-state index in [2.05, 4.69) is 57.2 Å². The van der Waals surface area contributed by atoms with E-state index in [0.29, 0.717) is 19.4 Å². The zero-order chi connectivity index (χ0) is 42.1. The SMILES string of the molecule is CCCCC/C=C\C/C=C\C/C=C\CCCCC(=O)OC[C@@H](COCCCCCCCCCCCCCCCCCC)OC(=O)CCCCCCCCCCCCC. The summed E-state index contributed by atoms with van der Waals surface area (Å²) in [6.45, 7) is 7.80. The van der Waals surface area contributed by atoms with Crippen LogP contribution in [-0.4, -0.2) is 37.9 Å². The second-order valence-electron chi connectivity index (χ2n) is 17.1. The highest BCUT2D eigenvalue weighted by Gasteiger charge is 2.17. The highest BCUT2D eigenvalue weighted by atomic mass is 16.6. The number of allylic oxidation sites excluding steroid dienone is 6. The molecule has 5 nitrogen and oxygen atoms in total. The number of hydrogen-bond acceptors (Lipinski definition) is 5. The van der Waals surface area contributed by atoms with Crippen molar-refractivity contribution in [1.29, 1.82) is 0 Å². The average Bonchev–Trinajstić information content (AvgIpc) is 3.22. The first-order valence-corrected chi connectivity index (χ1v) is 25.5. The number of hydrogen-bond donors (Lipinski definition) is 0. The van der Waals surface area contributed by atoms with Crippen LogP contribution in [0, 0.1) is 0 Å². The van der Waals surface area contributed by atoms with E-state index in [-0.39, 0.29) is 25.2 Å². The molecule has 58 heavy (non-hydrogen) atoms. The molecule has 0 aliphatic heterocycles. The first-order valence-electron chi connectivity index (χ1n) is 25.5. The fraction of sp³-hybridized carbons (Fsp3) is 0.849. The van der Waals surface area contributed by atoms with Crippen molar-refractivity contribution >= 4 is 11.9 Å². The van der Waals surface area contributed by atoms with Crippen LogP contribution >= 0.6 is 0 Å². The highest BCUT2D eigenvalue weighted by molar-refractivity contribution is 5.70. The van der Waals surface area contributed by atoms with Crippen molar-refractivity contribution in [2.75, 3.05) is 19.8 Å². The first kappa shape index (κ1) is 56.1. The van der Waals surface area contributed by atoms with Crippen LogP contribution in [0.3, 0.4) is 0 Å². The lowest BCUT2D eigenvalue weighted by Crippen LogP contribution is -2.30. The lowest BCUT2D eigenvalue weighted by Gasteiger charge is -2.18. The molecule has 0 spiro atoms. The Morgan fingerprint density at radius 2 is 0.724 bits per heavy atom. The summed E-state index contributed by atoms with van der Waals surface area (Å²) in [5.74, 6) is -0.428. The minimum atomic E-state index is -0.544. The first-order chi connectivity index (χ1) is 28.6. The summed E-state index contributed by atoms with van der Waals surface area (Å²) >= 11 is 0. The molecule has 0 aromatic rings. The molecular formula is C53H98O5. The van der Waals surface area contributed by atoms with E-state index in [0.717, 1.165) is 51.4 Å². The van der Waals surface area contributed by atoms with Crippen molar-refractivity contribution in [3.63, 3.8) is 0 Å². The number of unbranched alkanes of at least 4 members (excludes halogenated alkanes) is 30. The van der Waals surface area contributed by atoms with Crippen molar-refractivity contribution < 1.29 is 23.8 Å². The Kier molecular flexibility index (Phi) is 47.9. The van der Waals surface area contributed by atoms with Crippen molar-refractivity contribution in [2.24, 2.45) is 0 Å². The molecule has 5 heteroatoms. The molecule has 0 radical (unpaired) electrons. The molecule has 0 aliphatic carbocycles. The van der Waals surface area contributed by atoms with E-state index in [1.54, 1.807) is 0 Å². The minimum absolute atomic E-state index is 0.0714. The van der Waals surface area contributed by atoms with Gasteiger partial charge in [0.25, 0.3) is 0 Å². The van der Waals surface area contributed by atoms with Crippen LogP contribution in [0.25, 0.3) is 0 Å². The third-order valence-electron chi connectivity index (χ3n) is 11.2. The molecule has 0 bridgehead atoms. The summed E-state index contributed by atoms with van der Waals surface area (Å²) in [4.78, 5) is 25.3. The van der Waals surface area contributed by atoms with Gasteiger partial charge in [0.05, 0.1) is 6.61 Å². The Morgan fingerprint density at radius 3 is 1.19 bits per heavy atom. The Balaban J connectivity index is 4.26. The number of rotatable bonds is 47. The van der Waals surface area contributed by atoms with Gasteiger partial charge in [0, 0.05) is 19.4 Å². The van der Waals surface area contributed by atoms with E-state index in [9.17, 15) is 9.59 Å². The van der Waals surface area contributed by atoms with Gasteiger partial charge in [0.2, 0.25) is 0 Å². The van der Waals surface area contributed by atoms with Crippen LogP contribution < -0.4 is 0 Å². The molecule has 0 unspecified atom stereocenters. The minimum Gasteiger partial charge on any atom is -0.462 e. The summed E-state index contributed by atoms with van der Waals surface area (Å²) in [7, 11) is 0. The van der Waals surface area contributed by atoms with Gasteiger partial charge in [-0.15, -0.1) is 0 Å². The van der Waals surface area contributed by atoms with Gasteiger partial charge >= 0.3 is 11.9 Å². The van der Waals surface area contributed by atoms with E-state index in [4.69, 9.17) is 14.2 Å². The van der Waals surface area contributed by atoms with Gasteiger partial charge in [-0.2, -0.15) is 0 Å². The molecule has 0 saturated heterocycles. The van der Waals surface area contributed by atoms with Gasteiger partial charge in [-0.25, -0.2) is 0 Å². The maximum atomic E-state index is 12.7. The lowest BCUT2D eigenvalue weighted by molar-refractivity contribution is -0.163. The Labute approximate surface area is 361 Å². The second-order valence-corrected chi connectivity index (χ2v) is 17.1. The van der Waals surface area contributed by atoms with Gasteiger partial charge in [-0.3, -0.25) is 9.59 Å². The number of carbonyl (C=O) groups excluding carboxylic acids is 2. The molecule has 0 fully saturated rings. The topological polar surface area (TPSA) is 61.8 Å². The molecule has 0 rings (SSSR count). The average molecular weight is 815 g/mol. The maximum absolute atomic E-state index is 12.7. The monoisotopic (exact) mass is 815 g/mol. The zero-order valence-corrected chi connectivity index (χ0v) is 39.1. The molecule has 1 atom stereocenters. The predicted molar refractivity (Wildman–Crippen MR) is 252 cm³/mol. The summed E-state index contributed by atoms with van der Waals surface area (Å²) < 4.78 is 17.4. The van der Waals surface area contributed by atoms with E-state index >= 15 is 0 Å². The standard InChI is InChI=1S/C53H98O5/c1-4-7-10-13-16-19-22-24-26-28-30-33-36-39-42-45-48-56-49-51(58-53(55)47-44-41-38-35-31-21-18-15-12-9-6-3)50-57-52(54)46-43-40-37-34-32-29-27-25-23-20-17-14-11-8-5-2/h17,20,25,27,32,34,51H,4-16,18-19,21-24,26,28-31,33,35-50H2,1-3H3/b20-17-,27-25-,34-32-/t51-/m1/s1. The van der Waals surface area contributed by atoms with E-state index in [1.165, 1.54) is 180 Å². The molecule has 0 saturated carbocycles. The van der Waals surface area contributed by atoms with E-state index in [1.807, 2.05) is 0 Å². The fourth-order valence-electron chi connectivity index (χ4n) is 7.34. The van der Waals surface area contributed by atoms with Crippen LogP contribution in [-0.2, 0) is 23.8 Å². The quantitative estimate of drug-likeness (QED) is 0.0348. The highest BCUT2D eigenvalue weighted by Crippen LogP contribution is 2.15. The van der Waals surface area contributed by atoms with Gasteiger partial charge in [-0.1, -0.05) is 231 Å². The Hall–Kier alpha value is -1.88. The molecular weight excluding hydrogens is 717 g/mol. The molecule has 340 valence electrons. The molecule has 0 aromatic heterocycles. The summed E-state index contributed by atoms with van der Waals surface area (Å²) in [5, 5.41) is 0. The van der Waals surface area contributed by atoms with Crippen molar-refractivity contribution in [3.8, 4) is 0 Å². The van der Waals surface area contributed by atoms with Gasteiger partial charge in [0.1, 0.15) is 6.61 Å². The largest absolute Gasteiger partial charge is 0.462 e. The van der Waals surface area contributed by atoms with Gasteiger partial charge in [0.15, 0.2) is 6.10 Å². The molecule has 0 amide bonds. The third-order valence-corrected chi connectivity index (χ3v) is 11.2. The number of esters is 2. The van der Waals surface area contributed by atoms with Crippen LogP contribution in [0.5, 0.6) is 0 Å². The molecule has 0 N–H and O–H groups in total. The van der Waals surface area contributed by atoms with Crippen LogP contribution in [0.2, 0.25) is 0 Å². The van der Waals surface area contributed by atoms with Gasteiger partial charge in [-0.05, 0) is 57.8 Å². The summed E-state index contributed by atoms with van der Waals surface area (Å²) in [5.41, 5.74) is 0. The second kappa shape index (κ2) is 49.5. The Bertz CT molecular complexity index is 924. The van der Waals surface area contributed by atoms with E-state index < -0.39 is 6.10 Å². The maximum Gasteiger partial charge on any atom is 0.306 e. The van der Waals surface area contributed by atoms with Crippen molar-refractivity contribution in [1.82, 2.24) is 0 Å². The Morgan fingerprint density at radius 1 is 0.379 bits per heavy atom. The molecule has 0 aliphatic rings. The predicted octanol–water partition coefficient (Wildman–Crippen LogP) is 17.0. The zero-order valence-electron chi connectivity index (χ0n) is 39.1. The number of carbonyl (C=O) groups is 2. The fourth-order valence-corrected chi connectivity index (χ4v) is 7.34. The normalized spacial score (nSPS) is 12.4. The summed E-state index contributed by atoms with van der Waals surface area (Å²) in [6, 6.07) is 0.